The molecule has 0 unspecified atom stereocenters. The standard InChI is InChI=1S/C16H8Cl4N2O3/c17-9-5-4-8(6-12(9)20)21-14(24)7-13(23)16(22(21)25)15-10(18)2-1-3-11(15)19/h1-6H,7H2. The van der Waals surface area contributed by atoms with E-state index in [0.717, 1.165) is 5.01 Å². The van der Waals surface area contributed by atoms with Crippen molar-refractivity contribution in [2.45, 2.75) is 6.42 Å². The number of nitrogens with zero attached hydrogens (tertiary/aromatic N) is 2. The van der Waals surface area contributed by atoms with Crippen molar-refractivity contribution >= 4 is 69.5 Å². The first kappa shape index (κ1) is 18.0. The SMILES string of the molecule is O=C1CC(=O)N(c2ccc(Cl)c(Cl)c2)[N+]([O-])=C1c1c(Cl)cccc1Cl. The van der Waals surface area contributed by atoms with Gasteiger partial charge in [0.25, 0.3) is 11.6 Å². The first-order valence-electron chi connectivity index (χ1n) is 6.91. The number of carbonyl (C=O) groups excluding carboxylic acids is 2. The van der Waals surface area contributed by atoms with Gasteiger partial charge in [-0.05, 0) is 30.3 Å². The van der Waals surface area contributed by atoms with Gasteiger partial charge in [0.1, 0.15) is 12.1 Å². The first-order valence-corrected chi connectivity index (χ1v) is 8.42. The summed E-state index contributed by atoms with van der Waals surface area (Å²) in [6, 6.07) is 8.82. The predicted octanol–water partition coefficient (Wildman–Crippen LogP) is 4.52. The maximum Gasteiger partial charge on any atom is 0.296 e. The Hall–Kier alpha value is -1.79. The highest BCUT2D eigenvalue weighted by molar-refractivity contribution is 6.53. The van der Waals surface area contributed by atoms with Crippen LogP contribution < -0.4 is 5.01 Å². The molecule has 1 aliphatic heterocycles. The van der Waals surface area contributed by atoms with E-state index >= 15 is 0 Å². The van der Waals surface area contributed by atoms with Crippen LogP contribution in [-0.4, -0.2) is 22.2 Å². The molecule has 0 aliphatic carbocycles. The van der Waals surface area contributed by atoms with Gasteiger partial charge < -0.3 is 5.21 Å². The third kappa shape index (κ3) is 3.20. The van der Waals surface area contributed by atoms with E-state index in [1.165, 1.54) is 30.3 Å². The number of amides is 1. The molecule has 1 heterocycles. The maximum atomic E-state index is 12.8. The van der Waals surface area contributed by atoms with Gasteiger partial charge in [-0.3, -0.25) is 9.59 Å². The topological polar surface area (TPSA) is 63.5 Å². The molecule has 0 aromatic heterocycles. The fourth-order valence-electron chi connectivity index (χ4n) is 2.43. The second-order valence-corrected chi connectivity index (χ2v) is 6.75. The van der Waals surface area contributed by atoms with Crippen molar-refractivity contribution < 1.29 is 14.4 Å². The van der Waals surface area contributed by atoms with E-state index in [2.05, 4.69) is 0 Å². The summed E-state index contributed by atoms with van der Waals surface area (Å²) in [4.78, 5) is 24.8. The minimum absolute atomic E-state index is 0.0726. The number of hydrogen-bond acceptors (Lipinski definition) is 3. The van der Waals surface area contributed by atoms with Gasteiger partial charge in [-0.1, -0.05) is 62.3 Å². The van der Waals surface area contributed by atoms with E-state index in [0.29, 0.717) is 0 Å². The molecule has 1 aliphatic rings. The smallest absolute Gasteiger partial charge is 0.296 e. The number of benzene rings is 2. The number of hydrazine groups is 1. The molecule has 0 spiro atoms. The van der Waals surface area contributed by atoms with E-state index in [1.54, 1.807) is 6.07 Å². The van der Waals surface area contributed by atoms with Crippen LogP contribution in [0, 0.1) is 5.21 Å². The van der Waals surface area contributed by atoms with Gasteiger partial charge in [-0.25, -0.2) is 0 Å². The van der Waals surface area contributed by atoms with E-state index < -0.39 is 18.1 Å². The Morgan fingerprint density at radius 2 is 1.56 bits per heavy atom. The van der Waals surface area contributed by atoms with Crippen LogP contribution in [0.2, 0.25) is 20.1 Å². The summed E-state index contributed by atoms with van der Waals surface area (Å²) >= 11 is 24.0. The normalized spacial score (nSPS) is 15.1. The van der Waals surface area contributed by atoms with Crippen molar-refractivity contribution in [3.8, 4) is 0 Å². The molecule has 0 fully saturated rings. The van der Waals surface area contributed by atoms with Gasteiger partial charge in [0.2, 0.25) is 5.78 Å². The van der Waals surface area contributed by atoms with Crippen molar-refractivity contribution in [3.63, 3.8) is 0 Å². The van der Waals surface area contributed by atoms with Gasteiger partial charge in [0, 0.05) is 0 Å². The third-order valence-electron chi connectivity index (χ3n) is 3.53. The minimum atomic E-state index is -0.703. The molecular weight excluding hydrogens is 410 g/mol. The minimum Gasteiger partial charge on any atom is -0.595 e. The van der Waals surface area contributed by atoms with Crippen molar-refractivity contribution in [2.75, 3.05) is 5.01 Å². The van der Waals surface area contributed by atoms with Crippen LogP contribution >= 0.6 is 46.4 Å². The lowest BCUT2D eigenvalue weighted by molar-refractivity contribution is -0.462. The van der Waals surface area contributed by atoms with Crippen molar-refractivity contribution in [3.05, 3.63) is 67.3 Å². The molecule has 0 atom stereocenters. The van der Waals surface area contributed by atoms with Gasteiger partial charge in [-0.2, -0.15) is 0 Å². The Morgan fingerprint density at radius 3 is 2.16 bits per heavy atom. The number of hydrogen-bond donors (Lipinski definition) is 0. The van der Waals surface area contributed by atoms with Crippen LogP contribution in [0.5, 0.6) is 0 Å². The van der Waals surface area contributed by atoms with Crippen LogP contribution in [-0.2, 0) is 9.59 Å². The molecule has 5 nitrogen and oxygen atoms in total. The summed E-state index contributed by atoms with van der Waals surface area (Å²) in [5, 5.41) is 14.3. The fourth-order valence-corrected chi connectivity index (χ4v) is 3.30. The molecule has 2 aromatic carbocycles. The van der Waals surface area contributed by atoms with Crippen LogP contribution in [0.25, 0.3) is 0 Å². The zero-order valence-electron chi connectivity index (χ0n) is 12.3. The van der Waals surface area contributed by atoms with Crippen LogP contribution in [0.4, 0.5) is 5.69 Å². The van der Waals surface area contributed by atoms with Crippen LogP contribution in [0.15, 0.2) is 36.4 Å². The number of anilines is 1. The molecule has 2 aromatic rings. The Morgan fingerprint density at radius 1 is 0.920 bits per heavy atom. The number of rotatable bonds is 2. The summed E-state index contributed by atoms with van der Waals surface area (Å²) in [6.45, 7) is 0. The zero-order valence-corrected chi connectivity index (χ0v) is 15.3. The summed E-state index contributed by atoms with van der Waals surface area (Å²) in [6.07, 6.45) is -0.504. The van der Waals surface area contributed by atoms with Gasteiger partial charge in [-0.15, -0.1) is 0 Å². The lowest BCUT2D eigenvalue weighted by Crippen LogP contribution is -2.49. The summed E-state index contributed by atoms with van der Waals surface area (Å²) in [7, 11) is 0. The van der Waals surface area contributed by atoms with Crippen molar-refractivity contribution in [2.24, 2.45) is 0 Å². The largest absolute Gasteiger partial charge is 0.595 e. The zero-order chi connectivity index (χ0) is 18.3. The molecule has 25 heavy (non-hydrogen) atoms. The molecular formula is C16H8Cl4N2O3. The molecule has 0 radical (unpaired) electrons. The van der Waals surface area contributed by atoms with Gasteiger partial charge >= 0.3 is 0 Å². The van der Waals surface area contributed by atoms with Gasteiger partial charge in [0.15, 0.2) is 0 Å². The lowest BCUT2D eigenvalue weighted by atomic mass is 10.0. The number of ketones is 1. The second kappa shape index (κ2) is 6.84. The van der Waals surface area contributed by atoms with Crippen LogP contribution in [0.1, 0.15) is 12.0 Å². The third-order valence-corrected chi connectivity index (χ3v) is 4.90. The molecule has 128 valence electrons. The second-order valence-electron chi connectivity index (χ2n) is 5.12. The Balaban J connectivity index is 2.23. The molecule has 3 rings (SSSR count). The summed E-state index contributed by atoms with van der Waals surface area (Å²) in [5.74, 6) is -1.38. The van der Waals surface area contributed by atoms with Crippen molar-refractivity contribution in [1.29, 1.82) is 0 Å². The number of halogens is 4. The number of carbonyl (C=O) groups is 2. The van der Waals surface area contributed by atoms with E-state index in [1.807, 2.05) is 0 Å². The average Bonchev–Trinajstić information content (AvgIpc) is 2.53. The Labute approximate surface area is 162 Å². The summed E-state index contributed by atoms with van der Waals surface area (Å²) in [5.41, 5.74) is -0.0766. The highest BCUT2D eigenvalue weighted by Crippen LogP contribution is 2.31. The molecule has 0 N–H and O–H groups in total. The fraction of sp³-hybridized carbons (Fsp3) is 0.0625. The van der Waals surface area contributed by atoms with E-state index in [4.69, 9.17) is 46.4 Å². The monoisotopic (exact) mass is 416 g/mol. The lowest BCUT2D eigenvalue weighted by Gasteiger charge is -2.25. The highest BCUT2D eigenvalue weighted by atomic mass is 35.5. The molecule has 0 saturated carbocycles. The first-order chi connectivity index (χ1) is 11.8. The molecule has 9 heteroatoms. The van der Waals surface area contributed by atoms with Crippen LogP contribution in [0.3, 0.4) is 0 Å². The van der Waals surface area contributed by atoms with E-state index in [9.17, 15) is 14.8 Å². The quantitative estimate of drug-likeness (QED) is 0.410. The molecule has 1 amide bonds. The highest BCUT2D eigenvalue weighted by Gasteiger charge is 2.41. The van der Waals surface area contributed by atoms with E-state index in [-0.39, 0.29) is 41.9 Å². The number of hydrazone groups is 1. The molecule has 0 saturated heterocycles. The molecule has 0 bridgehead atoms. The Bertz CT molecular complexity index is 923. The van der Waals surface area contributed by atoms with Crippen molar-refractivity contribution in [1.82, 2.24) is 0 Å². The average molecular weight is 418 g/mol. The maximum absolute atomic E-state index is 12.8. The number of Topliss-reactive ketones (excluding diaryl/α,β-unsaturated/α-hetero) is 1. The predicted molar refractivity (Wildman–Crippen MR) is 97.8 cm³/mol. The summed E-state index contributed by atoms with van der Waals surface area (Å²) < 4.78 is 0. The van der Waals surface area contributed by atoms with Gasteiger partial charge in [0.05, 0.1) is 25.7 Å². The Kier molecular flexibility index (Phi) is 4.93.